The minimum Gasteiger partial charge on any atom is -0.493 e. The second-order valence-electron chi connectivity index (χ2n) is 4.96. The first kappa shape index (κ1) is 18.7. The van der Waals surface area contributed by atoms with Crippen LogP contribution in [0.4, 0.5) is 10.1 Å². The fourth-order valence-corrected chi connectivity index (χ4v) is 2.33. The van der Waals surface area contributed by atoms with Crippen molar-refractivity contribution >= 4 is 33.6 Å². The van der Waals surface area contributed by atoms with Crippen molar-refractivity contribution in [3.05, 3.63) is 71.0 Å². The minimum atomic E-state index is -0.512. The number of ether oxygens (including phenoxy) is 2. The molecule has 0 radical (unpaired) electrons. The number of anilines is 1. The standard InChI is InChI=1S/C19H17BrFNO3/c1-3-10-25-17-8-4-13(11-18(17)24-2)5-9-19(23)22-16-7-6-14(20)12-15(16)21/h3-9,11-12H,1,10H2,2H3,(H,22,23)/b9-5+. The summed E-state index contributed by atoms with van der Waals surface area (Å²) in [6.45, 7) is 3.96. The number of nitrogens with one attached hydrogen (secondary N) is 1. The smallest absolute Gasteiger partial charge is 0.248 e. The summed E-state index contributed by atoms with van der Waals surface area (Å²) in [5.74, 6) is 0.179. The Morgan fingerprint density at radius 3 is 2.76 bits per heavy atom. The van der Waals surface area contributed by atoms with Crippen molar-refractivity contribution in [3.8, 4) is 11.5 Å². The van der Waals surface area contributed by atoms with E-state index < -0.39 is 11.7 Å². The number of hydrogen-bond donors (Lipinski definition) is 1. The molecule has 0 unspecified atom stereocenters. The Bertz CT molecular complexity index is 805. The molecule has 0 saturated heterocycles. The molecule has 25 heavy (non-hydrogen) atoms. The average Bonchev–Trinajstić information content (AvgIpc) is 2.60. The molecule has 0 aromatic heterocycles. The molecule has 0 aliphatic rings. The van der Waals surface area contributed by atoms with Crippen LogP contribution in [0.3, 0.4) is 0 Å². The molecule has 2 aromatic carbocycles. The lowest BCUT2D eigenvalue weighted by atomic mass is 10.2. The molecule has 130 valence electrons. The van der Waals surface area contributed by atoms with Gasteiger partial charge in [0.2, 0.25) is 5.91 Å². The normalized spacial score (nSPS) is 10.5. The van der Waals surface area contributed by atoms with Crippen LogP contribution in [0.2, 0.25) is 0 Å². The lowest BCUT2D eigenvalue weighted by Gasteiger charge is -2.09. The second kappa shape index (κ2) is 9.03. The molecule has 0 atom stereocenters. The van der Waals surface area contributed by atoms with Crippen LogP contribution in [0.5, 0.6) is 11.5 Å². The van der Waals surface area contributed by atoms with E-state index in [0.29, 0.717) is 22.6 Å². The van der Waals surface area contributed by atoms with Crippen LogP contribution >= 0.6 is 15.9 Å². The van der Waals surface area contributed by atoms with Crippen LogP contribution in [-0.2, 0) is 4.79 Å². The molecule has 1 amide bonds. The van der Waals surface area contributed by atoms with Gasteiger partial charge in [0.05, 0.1) is 12.8 Å². The number of carbonyl (C=O) groups excluding carboxylic acids is 1. The molecule has 2 aromatic rings. The van der Waals surface area contributed by atoms with Crippen molar-refractivity contribution in [3.63, 3.8) is 0 Å². The van der Waals surface area contributed by atoms with Crippen LogP contribution in [0.15, 0.2) is 59.6 Å². The lowest BCUT2D eigenvalue weighted by Crippen LogP contribution is -2.09. The molecule has 2 rings (SSSR count). The van der Waals surface area contributed by atoms with Gasteiger partial charge in [0, 0.05) is 10.5 Å². The predicted molar refractivity (Wildman–Crippen MR) is 100 cm³/mol. The highest BCUT2D eigenvalue weighted by atomic mass is 79.9. The van der Waals surface area contributed by atoms with Crippen molar-refractivity contribution < 1.29 is 18.7 Å². The lowest BCUT2D eigenvalue weighted by molar-refractivity contribution is -0.111. The van der Waals surface area contributed by atoms with Gasteiger partial charge in [0.15, 0.2) is 11.5 Å². The molecule has 0 aliphatic heterocycles. The summed E-state index contributed by atoms with van der Waals surface area (Å²) in [6, 6.07) is 9.68. The second-order valence-corrected chi connectivity index (χ2v) is 5.87. The summed E-state index contributed by atoms with van der Waals surface area (Å²) < 4.78 is 25.0. The third-order valence-electron chi connectivity index (χ3n) is 3.16. The summed E-state index contributed by atoms with van der Waals surface area (Å²) in [7, 11) is 1.53. The highest BCUT2D eigenvalue weighted by Gasteiger charge is 2.06. The summed E-state index contributed by atoms with van der Waals surface area (Å²) >= 11 is 3.16. The quantitative estimate of drug-likeness (QED) is 0.530. The summed E-state index contributed by atoms with van der Waals surface area (Å²) in [5, 5.41) is 2.49. The van der Waals surface area contributed by atoms with Crippen molar-refractivity contribution in [2.75, 3.05) is 19.0 Å². The number of benzene rings is 2. The summed E-state index contributed by atoms with van der Waals surface area (Å²) in [4.78, 5) is 11.9. The van der Waals surface area contributed by atoms with E-state index in [2.05, 4.69) is 27.8 Å². The molecular weight excluding hydrogens is 389 g/mol. The van der Waals surface area contributed by atoms with E-state index in [9.17, 15) is 9.18 Å². The first-order chi connectivity index (χ1) is 12.0. The van der Waals surface area contributed by atoms with Gasteiger partial charge in [-0.15, -0.1) is 0 Å². The number of hydrogen-bond acceptors (Lipinski definition) is 3. The van der Waals surface area contributed by atoms with Crippen molar-refractivity contribution in [1.29, 1.82) is 0 Å². The highest BCUT2D eigenvalue weighted by Crippen LogP contribution is 2.28. The molecule has 0 aliphatic carbocycles. The molecule has 0 fully saturated rings. The zero-order valence-electron chi connectivity index (χ0n) is 13.6. The van der Waals surface area contributed by atoms with Gasteiger partial charge in [-0.05, 0) is 42.0 Å². The van der Waals surface area contributed by atoms with Crippen LogP contribution in [0.25, 0.3) is 6.08 Å². The molecular formula is C19H17BrFNO3. The SMILES string of the molecule is C=CCOc1ccc(/C=C/C(=O)Nc2ccc(Br)cc2F)cc1OC. The van der Waals surface area contributed by atoms with Crippen molar-refractivity contribution in [2.24, 2.45) is 0 Å². The fraction of sp³-hybridized carbons (Fsp3) is 0.105. The van der Waals surface area contributed by atoms with E-state index in [0.717, 1.165) is 5.56 Å². The number of rotatable bonds is 7. The van der Waals surface area contributed by atoms with Gasteiger partial charge in [0.1, 0.15) is 12.4 Å². The monoisotopic (exact) mass is 405 g/mol. The van der Waals surface area contributed by atoms with E-state index in [1.807, 2.05) is 0 Å². The number of carbonyl (C=O) groups is 1. The van der Waals surface area contributed by atoms with Crippen molar-refractivity contribution in [1.82, 2.24) is 0 Å². The maximum absolute atomic E-state index is 13.7. The largest absolute Gasteiger partial charge is 0.493 e. The zero-order valence-corrected chi connectivity index (χ0v) is 15.2. The number of halogens is 2. The number of methoxy groups -OCH3 is 1. The maximum Gasteiger partial charge on any atom is 0.248 e. The van der Waals surface area contributed by atoms with Crippen LogP contribution in [0.1, 0.15) is 5.56 Å². The first-order valence-electron chi connectivity index (χ1n) is 7.39. The zero-order chi connectivity index (χ0) is 18.2. The molecule has 0 heterocycles. The topological polar surface area (TPSA) is 47.6 Å². The summed E-state index contributed by atoms with van der Waals surface area (Å²) in [5.41, 5.74) is 0.859. The van der Waals surface area contributed by atoms with Crippen molar-refractivity contribution in [2.45, 2.75) is 0 Å². The Labute approximate surface area is 154 Å². The van der Waals surface area contributed by atoms with E-state index >= 15 is 0 Å². The average molecular weight is 406 g/mol. The molecule has 0 bridgehead atoms. The van der Waals surface area contributed by atoms with Gasteiger partial charge >= 0.3 is 0 Å². The molecule has 6 heteroatoms. The van der Waals surface area contributed by atoms with Gasteiger partial charge in [-0.2, -0.15) is 0 Å². The van der Waals surface area contributed by atoms with E-state index in [4.69, 9.17) is 9.47 Å². The Morgan fingerprint density at radius 2 is 2.08 bits per heavy atom. The minimum absolute atomic E-state index is 0.114. The van der Waals surface area contributed by atoms with Crippen LogP contribution in [0, 0.1) is 5.82 Å². The summed E-state index contributed by atoms with van der Waals surface area (Å²) in [6.07, 6.45) is 4.56. The third kappa shape index (κ3) is 5.46. The third-order valence-corrected chi connectivity index (χ3v) is 3.65. The van der Waals surface area contributed by atoms with E-state index in [-0.39, 0.29) is 5.69 Å². The Hall–Kier alpha value is -2.60. The predicted octanol–water partition coefficient (Wildman–Crippen LogP) is 4.81. The molecule has 1 N–H and O–H groups in total. The van der Waals surface area contributed by atoms with Gasteiger partial charge < -0.3 is 14.8 Å². The highest BCUT2D eigenvalue weighted by molar-refractivity contribution is 9.10. The Balaban J connectivity index is 2.07. The molecule has 4 nitrogen and oxygen atoms in total. The number of amides is 1. The van der Waals surface area contributed by atoms with E-state index in [1.165, 1.54) is 25.3 Å². The van der Waals surface area contributed by atoms with Crippen LogP contribution < -0.4 is 14.8 Å². The van der Waals surface area contributed by atoms with Crippen LogP contribution in [-0.4, -0.2) is 19.6 Å². The Kier molecular flexibility index (Phi) is 6.77. The van der Waals surface area contributed by atoms with Gasteiger partial charge in [0.25, 0.3) is 0 Å². The molecule has 0 spiro atoms. The Morgan fingerprint density at radius 1 is 1.28 bits per heavy atom. The van der Waals surface area contributed by atoms with Gasteiger partial charge in [-0.1, -0.05) is 34.7 Å². The first-order valence-corrected chi connectivity index (χ1v) is 8.18. The maximum atomic E-state index is 13.7. The fourth-order valence-electron chi connectivity index (χ4n) is 1.99. The molecule has 0 saturated carbocycles. The van der Waals surface area contributed by atoms with E-state index in [1.54, 1.807) is 36.4 Å². The van der Waals surface area contributed by atoms with Gasteiger partial charge in [-0.25, -0.2) is 4.39 Å². The van der Waals surface area contributed by atoms with Gasteiger partial charge in [-0.3, -0.25) is 4.79 Å².